The largest absolute Gasteiger partial charge is 0.325 e. The Morgan fingerprint density at radius 1 is 1.09 bits per heavy atom. The molecular formula is C22H26N6O3S. The Labute approximate surface area is 187 Å². The number of fused-ring (bicyclic) bond motifs is 1. The number of piperidine rings is 1. The molecule has 10 heteroatoms. The van der Waals surface area contributed by atoms with Crippen molar-refractivity contribution in [1.82, 2.24) is 20.2 Å². The molecule has 1 fully saturated rings. The molecular weight excluding hydrogens is 428 g/mol. The molecule has 3 aromatic rings. The van der Waals surface area contributed by atoms with Crippen LogP contribution in [0.25, 0.3) is 11.0 Å². The van der Waals surface area contributed by atoms with Crippen LogP contribution in [0.3, 0.4) is 0 Å². The van der Waals surface area contributed by atoms with Gasteiger partial charge in [0.25, 0.3) is 10.0 Å². The van der Waals surface area contributed by atoms with Gasteiger partial charge in [0.15, 0.2) is 5.82 Å². The van der Waals surface area contributed by atoms with Crippen LogP contribution in [0.5, 0.6) is 0 Å². The van der Waals surface area contributed by atoms with Crippen molar-refractivity contribution in [2.24, 2.45) is 0 Å². The highest BCUT2D eigenvalue weighted by molar-refractivity contribution is 7.92. The molecule has 4 rings (SSSR count). The molecule has 1 aromatic heterocycles. The summed E-state index contributed by atoms with van der Waals surface area (Å²) in [7, 11) is -1.94. The molecule has 0 aliphatic carbocycles. The zero-order valence-corrected chi connectivity index (χ0v) is 18.6. The van der Waals surface area contributed by atoms with Crippen LogP contribution >= 0.6 is 0 Å². The number of aromatic nitrogens is 2. The lowest BCUT2D eigenvalue weighted by Crippen LogP contribution is -2.44. The second-order valence-electron chi connectivity index (χ2n) is 7.76. The number of amides is 1. The first-order valence-corrected chi connectivity index (χ1v) is 12.0. The number of sulfonamides is 1. The number of hydrogen-bond acceptors (Lipinski definition) is 7. The van der Waals surface area contributed by atoms with Crippen LogP contribution in [-0.2, 0) is 14.8 Å². The molecule has 1 aliphatic rings. The average molecular weight is 455 g/mol. The third-order valence-corrected chi connectivity index (χ3v) is 6.83. The number of nitrogens with one attached hydrogen (secondary N) is 3. The monoisotopic (exact) mass is 454 g/mol. The maximum Gasteiger partial charge on any atom is 0.263 e. The van der Waals surface area contributed by atoms with Gasteiger partial charge in [-0.15, -0.1) is 0 Å². The molecule has 0 radical (unpaired) electrons. The van der Waals surface area contributed by atoms with Crippen LogP contribution in [-0.4, -0.2) is 61.9 Å². The Balaban J connectivity index is 1.41. The molecule has 0 unspecified atom stereocenters. The Kier molecular flexibility index (Phi) is 6.63. The lowest BCUT2D eigenvalue weighted by atomic mass is 10.1. The molecule has 32 heavy (non-hydrogen) atoms. The Bertz CT molecular complexity index is 1210. The molecule has 1 aliphatic heterocycles. The highest BCUT2D eigenvalue weighted by Gasteiger charge is 2.20. The second-order valence-corrected chi connectivity index (χ2v) is 9.45. The van der Waals surface area contributed by atoms with Gasteiger partial charge in [-0.2, -0.15) is 0 Å². The number of hydrogen-bond donors (Lipinski definition) is 3. The van der Waals surface area contributed by atoms with E-state index in [-0.39, 0.29) is 23.2 Å². The summed E-state index contributed by atoms with van der Waals surface area (Å²) in [6, 6.07) is 13.9. The number of para-hydroxylation sites is 2. The van der Waals surface area contributed by atoms with Crippen molar-refractivity contribution in [2.45, 2.75) is 23.8 Å². The highest BCUT2D eigenvalue weighted by atomic mass is 32.2. The summed E-state index contributed by atoms with van der Waals surface area (Å²) in [5.74, 6) is -0.0427. The van der Waals surface area contributed by atoms with Gasteiger partial charge in [-0.3, -0.25) is 19.4 Å². The van der Waals surface area contributed by atoms with Crippen molar-refractivity contribution in [3.05, 3.63) is 54.7 Å². The van der Waals surface area contributed by atoms with Crippen LogP contribution in [0.15, 0.2) is 59.6 Å². The molecule has 168 valence electrons. The van der Waals surface area contributed by atoms with Crippen molar-refractivity contribution >= 4 is 38.5 Å². The molecule has 0 spiro atoms. The normalized spacial score (nSPS) is 15.5. The lowest BCUT2D eigenvalue weighted by molar-refractivity contribution is -0.117. The van der Waals surface area contributed by atoms with Crippen molar-refractivity contribution in [1.29, 1.82) is 0 Å². The average Bonchev–Trinajstić information content (AvgIpc) is 2.79. The summed E-state index contributed by atoms with van der Waals surface area (Å²) in [5.41, 5.74) is 1.69. The minimum atomic E-state index is -3.90. The first-order valence-electron chi connectivity index (χ1n) is 10.5. The summed E-state index contributed by atoms with van der Waals surface area (Å²) in [6.45, 7) is 1.98. The van der Waals surface area contributed by atoms with Crippen LogP contribution in [0, 0.1) is 0 Å². The topological polar surface area (TPSA) is 116 Å². The first kappa shape index (κ1) is 22.1. The zero-order chi connectivity index (χ0) is 22.6. The molecule has 2 aromatic carbocycles. The van der Waals surface area contributed by atoms with Crippen LogP contribution in [0.4, 0.5) is 11.5 Å². The van der Waals surface area contributed by atoms with Crippen molar-refractivity contribution in [2.75, 3.05) is 36.7 Å². The fourth-order valence-corrected chi connectivity index (χ4v) is 4.76. The van der Waals surface area contributed by atoms with Gasteiger partial charge in [0.1, 0.15) is 0 Å². The van der Waals surface area contributed by atoms with E-state index in [1.165, 1.54) is 18.3 Å². The van der Waals surface area contributed by atoms with Gasteiger partial charge in [0.2, 0.25) is 5.91 Å². The van der Waals surface area contributed by atoms with E-state index in [0.29, 0.717) is 22.8 Å². The van der Waals surface area contributed by atoms with E-state index in [2.05, 4.69) is 30.2 Å². The molecule has 1 amide bonds. The van der Waals surface area contributed by atoms with E-state index in [1.807, 2.05) is 19.2 Å². The number of carbonyl (C=O) groups excluding carboxylic acids is 1. The van der Waals surface area contributed by atoms with Crippen LogP contribution < -0.4 is 15.4 Å². The first-order chi connectivity index (χ1) is 15.4. The fourth-order valence-electron chi connectivity index (χ4n) is 3.73. The van der Waals surface area contributed by atoms with E-state index in [4.69, 9.17) is 0 Å². The molecule has 2 heterocycles. The summed E-state index contributed by atoms with van der Waals surface area (Å²) in [6.07, 6.45) is 3.38. The number of anilines is 2. The SMILES string of the molecule is CNC1CCN(CC(=O)Nc2cccc(S(=O)(=O)Nc3cnc4ccccc4n3)c2)CC1. The summed E-state index contributed by atoms with van der Waals surface area (Å²) < 4.78 is 28.1. The minimum Gasteiger partial charge on any atom is -0.325 e. The predicted octanol–water partition coefficient (Wildman–Crippen LogP) is 2.05. The van der Waals surface area contributed by atoms with Gasteiger partial charge in [-0.25, -0.2) is 13.4 Å². The van der Waals surface area contributed by atoms with E-state index < -0.39 is 10.0 Å². The number of benzene rings is 2. The number of carbonyl (C=O) groups is 1. The van der Waals surface area contributed by atoms with Gasteiger partial charge < -0.3 is 10.6 Å². The number of rotatable bonds is 7. The van der Waals surface area contributed by atoms with E-state index in [1.54, 1.807) is 24.3 Å². The van der Waals surface area contributed by atoms with Gasteiger partial charge >= 0.3 is 0 Å². The standard InChI is InChI=1S/C22H26N6O3S/c1-23-16-9-11-28(12-10-16)15-22(29)25-17-5-4-6-18(13-17)32(30,31)27-21-14-24-19-7-2-3-8-20(19)26-21/h2-8,13-14,16,23H,9-12,15H2,1H3,(H,25,29)(H,26,27). The van der Waals surface area contributed by atoms with Gasteiger partial charge in [-0.1, -0.05) is 18.2 Å². The van der Waals surface area contributed by atoms with Crippen molar-refractivity contribution in [3.63, 3.8) is 0 Å². The summed E-state index contributed by atoms with van der Waals surface area (Å²) >= 11 is 0. The minimum absolute atomic E-state index is 0.0279. The molecule has 9 nitrogen and oxygen atoms in total. The van der Waals surface area contributed by atoms with E-state index in [9.17, 15) is 13.2 Å². The highest BCUT2D eigenvalue weighted by Crippen LogP contribution is 2.20. The van der Waals surface area contributed by atoms with Crippen LogP contribution in [0.2, 0.25) is 0 Å². The second kappa shape index (κ2) is 9.60. The number of likely N-dealkylation sites (tertiary alicyclic amines) is 1. The Morgan fingerprint density at radius 3 is 2.59 bits per heavy atom. The smallest absolute Gasteiger partial charge is 0.263 e. The van der Waals surface area contributed by atoms with Crippen molar-refractivity contribution < 1.29 is 13.2 Å². The summed E-state index contributed by atoms with van der Waals surface area (Å²) in [5, 5.41) is 6.06. The molecule has 1 saturated heterocycles. The lowest BCUT2D eigenvalue weighted by Gasteiger charge is -2.31. The van der Waals surface area contributed by atoms with Gasteiger partial charge in [-0.05, 0) is 50.2 Å². The third-order valence-electron chi connectivity index (χ3n) is 5.48. The van der Waals surface area contributed by atoms with Crippen molar-refractivity contribution in [3.8, 4) is 0 Å². The zero-order valence-electron chi connectivity index (χ0n) is 17.8. The Morgan fingerprint density at radius 2 is 1.84 bits per heavy atom. The summed E-state index contributed by atoms with van der Waals surface area (Å²) in [4.78, 5) is 23.1. The maximum absolute atomic E-state index is 12.8. The van der Waals surface area contributed by atoms with Gasteiger partial charge in [0, 0.05) is 24.8 Å². The predicted molar refractivity (Wildman–Crippen MR) is 124 cm³/mol. The Hall–Kier alpha value is -3.08. The number of nitrogens with zero attached hydrogens (tertiary/aromatic N) is 3. The fraction of sp³-hybridized carbons (Fsp3) is 0.318. The third kappa shape index (κ3) is 5.39. The molecule has 0 atom stereocenters. The van der Waals surface area contributed by atoms with E-state index in [0.717, 1.165) is 25.9 Å². The molecule has 0 bridgehead atoms. The van der Waals surface area contributed by atoms with Crippen LogP contribution in [0.1, 0.15) is 12.8 Å². The quantitative estimate of drug-likeness (QED) is 0.500. The van der Waals surface area contributed by atoms with Gasteiger partial charge in [0.05, 0.1) is 28.7 Å². The molecule has 0 saturated carbocycles. The van der Waals surface area contributed by atoms with E-state index >= 15 is 0 Å². The maximum atomic E-state index is 12.8. The molecule has 3 N–H and O–H groups in total.